The fraction of sp³-hybridized carbons (Fsp3) is 0.0909. The number of aromatic hydroxyl groups is 1. The largest absolute Gasteiger partial charge is 0.507 e. The van der Waals surface area contributed by atoms with Gasteiger partial charge in [0.2, 0.25) is 0 Å². The summed E-state index contributed by atoms with van der Waals surface area (Å²) in [5.41, 5.74) is -1.24. The van der Waals surface area contributed by atoms with Gasteiger partial charge in [-0.1, -0.05) is 11.6 Å². The number of nitrogens with zero attached hydrogens (tertiary/aromatic N) is 1. The van der Waals surface area contributed by atoms with Crippen LogP contribution in [0.5, 0.6) is 5.75 Å². The van der Waals surface area contributed by atoms with E-state index in [9.17, 15) is 23.1 Å². The number of benzene rings is 1. The third kappa shape index (κ3) is 3.20. The van der Waals surface area contributed by atoms with Gasteiger partial charge in [0.15, 0.2) is 10.8 Å². The Morgan fingerprint density at radius 3 is 2.70 bits per heavy atom. The lowest BCUT2D eigenvalue weighted by Crippen LogP contribution is -2.13. The summed E-state index contributed by atoms with van der Waals surface area (Å²) >= 11 is 6.31. The van der Waals surface area contributed by atoms with Crippen LogP contribution >= 0.6 is 22.9 Å². The maximum absolute atomic E-state index is 12.4. The van der Waals surface area contributed by atoms with Crippen LogP contribution in [-0.4, -0.2) is 16.0 Å². The molecule has 0 aliphatic rings. The van der Waals surface area contributed by atoms with Crippen LogP contribution in [0.3, 0.4) is 0 Å². The molecule has 0 saturated carbocycles. The third-order valence-corrected chi connectivity index (χ3v) is 3.21. The van der Waals surface area contributed by atoms with Crippen molar-refractivity contribution >= 4 is 34.0 Å². The van der Waals surface area contributed by atoms with E-state index in [0.29, 0.717) is 11.3 Å². The molecule has 1 aromatic carbocycles. The number of aromatic nitrogens is 1. The zero-order valence-corrected chi connectivity index (χ0v) is 11.1. The fourth-order valence-electron chi connectivity index (χ4n) is 1.32. The van der Waals surface area contributed by atoms with Crippen LogP contribution in [0.1, 0.15) is 16.1 Å². The van der Waals surface area contributed by atoms with E-state index in [1.165, 1.54) is 18.2 Å². The SMILES string of the molecule is O=C(Nc1nc(C(F)(F)F)cs1)c1cc(Cl)ccc1O. The summed E-state index contributed by atoms with van der Waals surface area (Å²) in [6.45, 7) is 0. The summed E-state index contributed by atoms with van der Waals surface area (Å²) in [6, 6.07) is 3.78. The Bertz CT molecular complexity index is 657. The highest BCUT2D eigenvalue weighted by molar-refractivity contribution is 7.14. The molecule has 0 unspecified atom stereocenters. The van der Waals surface area contributed by atoms with E-state index >= 15 is 0 Å². The lowest BCUT2D eigenvalue weighted by molar-refractivity contribution is -0.140. The minimum Gasteiger partial charge on any atom is -0.507 e. The van der Waals surface area contributed by atoms with Gasteiger partial charge in [0.05, 0.1) is 5.56 Å². The molecule has 2 aromatic rings. The maximum atomic E-state index is 12.4. The first-order valence-corrected chi connectivity index (χ1v) is 6.36. The molecule has 0 radical (unpaired) electrons. The van der Waals surface area contributed by atoms with Gasteiger partial charge in [0.1, 0.15) is 5.75 Å². The van der Waals surface area contributed by atoms with Crippen LogP contribution < -0.4 is 5.32 Å². The summed E-state index contributed by atoms with van der Waals surface area (Å²) in [4.78, 5) is 15.0. The minimum atomic E-state index is -4.57. The van der Waals surface area contributed by atoms with Crippen LogP contribution in [0, 0.1) is 0 Å². The number of amides is 1. The van der Waals surface area contributed by atoms with Crippen molar-refractivity contribution in [1.29, 1.82) is 0 Å². The average Bonchev–Trinajstić information content (AvgIpc) is 2.80. The van der Waals surface area contributed by atoms with Gasteiger partial charge >= 0.3 is 6.18 Å². The van der Waals surface area contributed by atoms with E-state index in [1.54, 1.807) is 0 Å². The van der Waals surface area contributed by atoms with Crippen LogP contribution in [0.25, 0.3) is 0 Å². The number of hydrogen-bond acceptors (Lipinski definition) is 4. The van der Waals surface area contributed by atoms with Crippen LogP contribution in [0.15, 0.2) is 23.6 Å². The summed E-state index contributed by atoms with van der Waals surface area (Å²) < 4.78 is 37.1. The number of alkyl halides is 3. The number of carbonyl (C=O) groups excluding carboxylic acids is 1. The van der Waals surface area contributed by atoms with Crippen molar-refractivity contribution in [2.75, 3.05) is 5.32 Å². The van der Waals surface area contributed by atoms with E-state index in [1.807, 2.05) is 0 Å². The fourth-order valence-corrected chi connectivity index (χ4v) is 2.20. The van der Waals surface area contributed by atoms with Gasteiger partial charge in [-0.2, -0.15) is 13.2 Å². The molecule has 1 aromatic heterocycles. The van der Waals surface area contributed by atoms with E-state index in [0.717, 1.165) is 5.38 Å². The molecular weight excluding hydrogens is 317 g/mol. The smallest absolute Gasteiger partial charge is 0.434 e. The molecule has 106 valence electrons. The molecule has 0 spiro atoms. The van der Waals surface area contributed by atoms with Crippen molar-refractivity contribution in [3.63, 3.8) is 0 Å². The highest BCUT2D eigenvalue weighted by atomic mass is 35.5. The number of anilines is 1. The zero-order valence-electron chi connectivity index (χ0n) is 9.53. The van der Waals surface area contributed by atoms with Gasteiger partial charge in [-0.05, 0) is 18.2 Å². The van der Waals surface area contributed by atoms with Crippen molar-refractivity contribution in [1.82, 2.24) is 4.98 Å². The molecule has 20 heavy (non-hydrogen) atoms. The predicted octanol–water partition coefficient (Wildman–Crippen LogP) is 3.77. The Hall–Kier alpha value is -1.80. The molecule has 4 nitrogen and oxygen atoms in total. The second-order valence-corrected chi connectivity index (χ2v) is 4.95. The lowest BCUT2D eigenvalue weighted by Gasteiger charge is -2.05. The molecule has 1 heterocycles. The van der Waals surface area contributed by atoms with E-state index in [4.69, 9.17) is 11.6 Å². The van der Waals surface area contributed by atoms with Gasteiger partial charge in [-0.15, -0.1) is 11.3 Å². The molecule has 0 aliphatic carbocycles. The van der Waals surface area contributed by atoms with Crippen molar-refractivity contribution < 1.29 is 23.1 Å². The first-order chi connectivity index (χ1) is 9.27. The van der Waals surface area contributed by atoms with E-state index in [-0.39, 0.29) is 21.5 Å². The first-order valence-electron chi connectivity index (χ1n) is 5.10. The van der Waals surface area contributed by atoms with E-state index < -0.39 is 17.8 Å². The van der Waals surface area contributed by atoms with Gasteiger partial charge in [-0.3, -0.25) is 10.1 Å². The Balaban J connectivity index is 2.20. The van der Waals surface area contributed by atoms with Gasteiger partial charge in [-0.25, -0.2) is 4.98 Å². The van der Waals surface area contributed by atoms with E-state index in [2.05, 4.69) is 10.3 Å². The number of thiazole rings is 1. The molecule has 0 atom stereocenters. The number of hydrogen-bond donors (Lipinski definition) is 2. The lowest BCUT2D eigenvalue weighted by atomic mass is 10.2. The zero-order chi connectivity index (χ0) is 14.9. The van der Waals surface area contributed by atoms with Crippen LogP contribution in [0.4, 0.5) is 18.3 Å². The minimum absolute atomic E-state index is 0.152. The number of rotatable bonds is 2. The Labute approximate surface area is 119 Å². The normalized spacial score (nSPS) is 11.4. The van der Waals surface area contributed by atoms with Crippen LogP contribution in [-0.2, 0) is 6.18 Å². The van der Waals surface area contributed by atoms with Crippen molar-refractivity contribution in [3.8, 4) is 5.75 Å². The topological polar surface area (TPSA) is 62.2 Å². The van der Waals surface area contributed by atoms with Gasteiger partial charge < -0.3 is 5.11 Å². The molecule has 1 amide bonds. The Kier molecular flexibility index (Phi) is 3.87. The quantitative estimate of drug-likeness (QED) is 0.884. The molecule has 0 fully saturated rings. The number of carbonyl (C=O) groups is 1. The molecular formula is C11H6ClF3N2O2S. The number of phenols is 1. The predicted molar refractivity (Wildman–Crippen MR) is 68.2 cm³/mol. The van der Waals surface area contributed by atoms with Gasteiger partial charge in [0, 0.05) is 10.4 Å². The molecule has 9 heteroatoms. The Morgan fingerprint density at radius 1 is 1.40 bits per heavy atom. The number of phenolic OH excluding ortho intramolecular Hbond substituents is 1. The van der Waals surface area contributed by atoms with Crippen molar-refractivity contribution in [2.45, 2.75) is 6.18 Å². The monoisotopic (exact) mass is 322 g/mol. The second-order valence-electron chi connectivity index (χ2n) is 3.65. The first kappa shape index (κ1) is 14.6. The standard InChI is InChI=1S/C11H6ClF3N2O2S/c12-5-1-2-7(18)6(3-5)9(19)17-10-16-8(4-20-10)11(13,14)15/h1-4,18H,(H,16,17,19). The van der Waals surface area contributed by atoms with Crippen molar-refractivity contribution in [3.05, 3.63) is 39.9 Å². The average molecular weight is 323 g/mol. The molecule has 2 rings (SSSR count). The Morgan fingerprint density at radius 2 is 2.10 bits per heavy atom. The van der Waals surface area contributed by atoms with Crippen molar-refractivity contribution in [2.24, 2.45) is 0 Å². The number of nitrogens with one attached hydrogen (secondary N) is 1. The molecule has 0 aliphatic heterocycles. The van der Waals surface area contributed by atoms with Gasteiger partial charge in [0.25, 0.3) is 5.91 Å². The summed E-state index contributed by atoms with van der Waals surface area (Å²) in [5.74, 6) is -1.13. The maximum Gasteiger partial charge on any atom is 0.434 e. The summed E-state index contributed by atoms with van der Waals surface area (Å²) in [6.07, 6.45) is -4.57. The third-order valence-electron chi connectivity index (χ3n) is 2.22. The summed E-state index contributed by atoms with van der Waals surface area (Å²) in [7, 11) is 0. The molecule has 0 saturated heterocycles. The highest BCUT2D eigenvalue weighted by Gasteiger charge is 2.34. The summed E-state index contributed by atoms with van der Waals surface area (Å²) in [5, 5.41) is 12.4. The molecule has 2 N–H and O–H groups in total. The van der Waals surface area contributed by atoms with Crippen LogP contribution in [0.2, 0.25) is 5.02 Å². The molecule has 0 bridgehead atoms. The number of halogens is 4. The second kappa shape index (κ2) is 5.29. The highest BCUT2D eigenvalue weighted by Crippen LogP contribution is 2.32.